The van der Waals surface area contributed by atoms with Crippen molar-refractivity contribution < 1.29 is 14.6 Å². The number of fused-ring (bicyclic) bond motifs is 1. The number of carbonyl (C=O) groups is 1. The highest BCUT2D eigenvalue weighted by molar-refractivity contribution is 5.92. The molecular formula is C20H22N2O3. The molecular weight excluding hydrogens is 316 g/mol. The van der Waals surface area contributed by atoms with Crippen LogP contribution in [0.25, 0.3) is 10.9 Å². The van der Waals surface area contributed by atoms with Crippen LogP contribution in [0.5, 0.6) is 11.5 Å². The molecule has 0 atom stereocenters. The summed E-state index contributed by atoms with van der Waals surface area (Å²) in [5.41, 5.74) is 1.63. The van der Waals surface area contributed by atoms with Crippen LogP contribution >= 0.6 is 0 Å². The number of phenolic OH excluding ortho intramolecular Hbond substituents is 1. The van der Waals surface area contributed by atoms with Crippen LogP contribution in [-0.4, -0.2) is 22.2 Å². The molecule has 0 fully saturated rings. The van der Waals surface area contributed by atoms with Gasteiger partial charge in [0.1, 0.15) is 11.5 Å². The van der Waals surface area contributed by atoms with Gasteiger partial charge in [0, 0.05) is 29.9 Å². The molecule has 3 aromatic rings. The van der Waals surface area contributed by atoms with Gasteiger partial charge in [-0.05, 0) is 36.2 Å². The van der Waals surface area contributed by atoms with Gasteiger partial charge in [0.15, 0.2) is 6.61 Å². The van der Waals surface area contributed by atoms with E-state index in [1.54, 1.807) is 18.2 Å². The summed E-state index contributed by atoms with van der Waals surface area (Å²) in [6.45, 7) is 5.20. The maximum atomic E-state index is 12.1. The van der Waals surface area contributed by atoms with Crippen LogP contribution in [0.15, 0.2) is 54.7 Å². The molecule has 1 heterocycles. The Bertz CT molecular complexity index is 884. The smallest absolute Gasteiger partial charge is 0.262 e. The van der Waals surface area contributed by atoms with Crippen LogP contribution in [0.4, 0.5) is 5.69 Å². The van der Waals surface area contributed by atoms with E-state index < -0.39 is 0 Å². The highest BCUT2D eigenvalue weighted by atomic mass is 16.5. The summed E-state index contributed by atoms with van der Waals surface area (Å²) in [6, 6.07) is 14.3. The second kappa shape index (κ2) is 7.30. The number of carbonyl (C=O) groups excluding carboxylic acids is 1. The molecule has 1 amide bonds. The Kier molecular flexibility index (Phi) is 4.93. The average molecular weight is 338 g/mol. The van der Waals surface area contributed by atoms with Gasteiger partial charge in [-0.3, -0.25) is 4.79 Å². The highest BCUT2D eigenvalue weighted by Crippen LogP contribution is 2.27. The number of nitrogens with one attached hydrogen (secondary N) is 1. The van der Waals surface area contributed by atoms with Crippen molar-refractivity contribution in [1.29, 1.82) is 0 Å². The maximum Gasteiger partial charge on any atom is 0.262 e. The lowest BCUT2D eigenvalue weighted by atomic mass is 10.2. The second-order valence-corrected chi connectivity index (χ2v) is 6.44. The molecule has 0 spiro atoms. The third kappa shape index (κ3) is 4.12. The molecule has 0 aliphatic rings. The molecule has 5 nitrogen and oxygen atoms in total. The quantitative estimate of drug-likeness (QED) is 0.713. The Morgan fingerprint density at radius 2 is 2.00 bits per heavy atom. The summed E-state index contributed by atoms with van der Waals surface area (Å²) in [5, 5.41) is 13.1. The van der Waals surface area contributed by atoms with Gasteiger partial charge in [-0.2, -0.15) is 0 Å². The third-order valence-corrected chi connectivity index (χ3v) is 3.82. The molecule has 1 aromatic heterocycles. The molecule has 0 radical (unpaired) electrons. The first-order chi connectivity index (χ1) is 12.0. The zero-order valence-electron chi connectivity index (χ0n) is 14.4. The lowest BCUT2D eigenvalue weighted by molar-refractivity contribution is -0.118. The number of nitrogens with zero attached hydrogens (tertiary/aromatic N) is 1. The molecule has 0 unspecified atom stereocenters. The molecule has 0 bridgehead atoms. The van der Waals surface area contributed by atoms with Gasteiger partial charge in [0.25, 0.3) is 5.91 Å². The van der Waals surface area contributed by atoms with E-state index >= 15 is 0 Å². The van der Waals surface area contributed by atoms with Crippen LogP contribution in [0.2, 0.25) is 0 Å². The number of anilines is 1. The first-order valence-corrected chi connectivity index (χ1v) is 8.32. The second-order valence-electron chi connectivity index (χ2n) is 6.44. The third-order valence-electron chi connectivity index (χ3n) is 3.82. The fourth-order valence-electron chi connectivity index (χ4n) is 2.80. The highest BCUT2D eigenvalue weighted by Gasteiger charge is 2.10. The van der Waals surface area contributed by atoms with Crippen molar-refractivity contribution in [2.45, 2.75) is 20.4 Å². The van der Waals surface area contributed by atoms with Crippen LogP contribution in [0, 0.1) is 5.92 Å². The van der Waals surface area contributed by atoms with E-state index in [4.69, 9.17) is 4.74 Å². The predicted molar refractivity (Wildman–Crippen MR) is 99.0 cm³/mol. The van der Waals surface area contributed by atoms with Crippen LogP contribution < -0.4 is 10.1 Å². The predicted octanol–water partition coefficient (Wildman–Crippen LogP) is 4.02. The van der Waals surface area contributed by atoms with Gasteiger partial charge >= 0.3 is 0 Å². The number of phenols is 1. The van der Waals surface area contributed by atoms with Crippen molar-refractivity contribution in [3.8, 4) is 11.5 Å². The minimum Gasteiger partial charge on any atom is -0.508 e. The molecule has 0 aliphatic heterocycles. The van der Waals surface area contributed by atoms with Crippen molar-refractivity contribution in [2.24, 2.45) is 5.92 Å². The molecule has 0 aliphatic carbocycles. The first-order valence-electron chi connectivity index (χ1n) is 8.32. The minimum atomic E-state index is -0.274. The van der Waals surface area contributed by atoms with Gasteiger partial charge < -0.3 is 19.7 Å². The van der Waals surface area contributed by atoms with Crippen LogP contribution in [0.1, 0.15) is 13.8 Å². The Labute approximate surface area is 146 Å². The Balaban J connectivity index is 1.68. The molecule has 0 saturated heterocycles. The number of hydrogen-bond acceptors (Lipinski definition) is 3. The zero-order chi connectivity index (χ0) is 17.8. The summed E-state index contributed by atoms with van der Waals surface area (Å²) >= 11 is 0. The first kappa shape index (κ1) is 16.9. The summed E-state index contributed by atoms with van der Waals surface area (Å²) in [6.07, 6.45) is 2.05. The number of hydrogen-bond donors (Lipinski definition) is 2. The summed E-state index contributed by atoms with van der Waals surface area (Å²) in [4.78, 5) is 12.1. The van der Waals surface area contributed by atoms with E-state index in [2.05, 4.69) is 29.8 Å². The SMILES string of the molecule is CC(C)Cn1ccc2c(OCC(=O)Nc3cccc(O)c3)cccc21. The van der Waals surface area contributed by atoms with Gasteiger partial charge in [-0.25, -0.2) is 0 Å². The van der Waals surface area contributed by atoms with Crippen molar-refractivity contribution in [3.05, 3.63) is 54.7 Å². The Hall–Kier alpha value is -2.95. The van der Waals surface area contributed by atoms with Crippen LogP contribution in [-0.2, 0) is 11.3 Å². The van der Waals surface area contributed by atoms with Crippen molar-refractivity contribution in [3.63, 3.8) is 0 Å². The van der Waals surface area contributed by atoms with Crippen molar-refractivity contribution in [2.75, 3.05) is 11.9 Å². The fraction of sp³-hybridized carbons (Fsp3) is 0.250. The number of benzene rings is 2. The largest absolute Gasteiger partial charge is 0.508 e. The number of ether oxygens (including phenoxy) is 1. The number of rotatable bonds is 6. The monoisotopic (exact) mass is 338 g/mol. The molecule has 2 N–H and O–H groups in total. The zero-order valence-corrected chi connectivity index (χ0v) is 14.4. The molecule has 0 saturated carbocycles. The maximum absolute atomic E-state index is 12.1. The lowest BCUT2D eigenvalue weighted by Crippen LogP contribution is -2.20. The fourth-order valence-corrected chi connectivity index (χ4v) is 2.80. The molecule has 130 valence electrons. The summed E-state index contributed by atoms with van der Waals surface area (Å²) < 4.78 is 7.91. The topological polar surface area (TPSA) is 63.5 Å². The molecule has 5 heteroatoms. The Morgan fingerprint density at radius 1 is 1.20 bits per heavy atom. The normalized spacial score (nSPS) is 11.0. The van der Waals surface area contributed by atoms with Crippen molar-refractivity contribution >= 4 is 22.5 Å². The van der Waals surface area contributed by atoms with Gasteiger partial charge in [0.05, 0.1) is 5.52 Å². The lowest BCUT2D eigenvalue weighted by Gasteiger charge is -2.11. The van der Waals surface area contributed by atoms with E-state index in [0.717, 1.165) is 17.4 Å². The Morgan fingerprint density at radius 3 is 2.76 bits per heavy atom. The number of amides is 1. The molecule has 3 rings (SSSR count). The van der Waals surface area contributed by atoms with Gasteiger partial charge in [-0.1, -0.05) is 26.0 Å². The summed E-state index contributed by atoms with van der Waals surface area (Å²) in [5.74, 6) is 1.07. The van der Waals surface area contributed by atoms with E-state index in [1.807, 2.05) is 24.4 Å². The summed E-state index contributed by atoms with van der Waals surface area (Å²) in [7, 11) is 0. The minimum absolute atomic E-state index is 0.0931. The van der Waals surface area contributed by atoms with Gasteiger partial charge in [0.2, 0.25) is 0 Å². The molecule has 2 aromatic carbocycles. The van der Waals surface area contributed by atoms with Crippen LogP contribution in [0.3, 0.4) is 0 Å². The number of aromatic hydroxyl groups is 1. The van der Waals surface area contributed by atoms with E-state index in [0.29, 0.717) is 17.4 Å². The van der Waals surface area contributed by atoms with Gasteiger partial charge in [-0.15, -0.1) is 0 Å². The van der Waals surface area contributed by atoms with E-state index in [-0.39, 0.29) is 18.3 Å². The van der Waals surface area contributed by atoms with E-state index in [9.17, 15) is 9.90 Å². The van der Waals surface area contributed by atoms with E-state index in [1.165, 1.54) is 6.07 Å². The molecule has 25 heavy (non-hydrogen) atoms. The average Bonchev–Trinajstić information content (AvgIpc) is 2.96. The van der Waals surface area contributed by atoms with Crippen molar-refractivity contribution in [1.82, 2.24) is 4.57 Å². The number of aromatic nitrogens is 1. The standard InChI is InChI=1S/C20H22N2O3/c1-14(2)12-22-10-9-17-18(22)7-4-8-19(17)25-13-20(24)21-15-5-3-6-16(23)11-15/h3-11,14,23H,12-13H2,1-2H3,(H,21,24).